The van der Waals surface area contributed by atoms with Gasteiger partial charge in [0.15, 0.2) is 5.60 Å². The molecule has 1 N–H and O–H groups in total. The van der Waals surface area contributed by atoms with Gasteiger partial charge in [0.05, 0.1) is 12.2 Å². The zero-order valence-electron chi connectivity index (χ0n) is 23.5. The number of hydrogen-bond donors (Lipinski definition) is 1. The molecule has 0 aliphatic rings. The van der Waals surface area contributed by atoms with E-state index in [1.807, 2.05) is 84.0 Å². The highest BCUT2D eigenvalue weighted by atomic mass is 16.6. The second-order valence-electron chi connectivity index (χ2n) is 11.1. The Morgan fingerprint density at radius 2 is 1.58 bits per heavy atom. The summed E-state index contributed by atoms with van der Waals surface area (Å²) < 4.78 is 17.5. The molecule has 0 bridgehead atoms. The lowest BCUT2D eigenvalue weighted by Gasteiger charge is -2.30. The summed E-state index contributed by atoms with van der Waals surface area (Å²) in [4.78, 5) is 30.8. The monoisotopic (exact) mass is 522 g/mol. The van der Waals surface area contributed by atoms with Gasteiger partial charge in [0.1, 0.15) is 17.1 Å². The predicted molar refractivity (Wildman–Crippen MR) is 145 cm³/mol. The van der Waals surface area contributed by atoms with E-state index < -0.39 is 23.1 Å². The second-order valence-corrected chi connectivity index (χ2v) is 11.1. The first kappa shape index (κ1) is 28.9. The van der Waals surface area contributed by atoms with Crippen LogP contribution in [0.4, 0.5) is 0 Å². The lowest BCUT2D eigenvalue weighted by molar-refractivity contribution is -0.171. The third-order valence-electron chi connectivity index (χ3n) is 5.82. The van der Waals surface area contributed by atoms with E-state index in [4.69, 9.17) is 13.9 Å². The van der Waals surface area contributed by atoms with Gasteiger partial charge in [-0.2, -0.15) is 0 Å². The van der Waals surface area contributed by atoms with Crippen LogP contribution in [0.15, 0.2) is 46.9 Å². The second kappa shape index (κ2) is 11.4. The molecule has 8 nitrogen and oxygen atoms in total. The van der Waals surface area contributed by atoms with Gasteiger partial charge in [0.25, 0.3) is 0 Å². The minimum atomic E-state index is -1.18. The smallest absolute Gasteiger partial charge is 0.350 e. The predicted octanol–water partition coefficient (Wildman–Crippen LogP) is 5.85. The minimum absolute atomic E-state index is 0.158. The number of aryl methyl sites for hydroxylation is 3. The van der Waals surface area contributed by atoms with Crippen molar-refractivity contribution in [3.63, 3.8) is 0 Å². The molecule has 2 aromatic carbocycles. The van der Waals surface area contributed by atoms with Crippen LogP contribution in [-0.4, -0.2) is 44.7 Å². The summed E-state index contributed by atoms with van der Waals surface area (Å²) in [5.41, 5.74) is 2.37. The fraction of sp³-hybridized carbons (Fsp3) is 0.433. The topological polar surface area (TPSA) is 102 Å². The first-order chi connectivity index (χ1) is 17.6. The average molecular weight is 523 g/mol. The van der Waals surface area contributed by atoms with Crippen molar-refractivity contribution in [2.24, 2.45) is 0 Å². The molecule has 0 aliphatic carbocycles. The number of carbonyl (C=O) groups is 2. The summed E-state index contributed by atoms with van der Waals surface area (Å²) in [6.45, 7) is 15.0. The Labute approximate surface area is 224 Å². The zero-order valence-corrected chi connectivity index (χ0v) is 23.5. The Morgan fingerprint density at radius 3 is 2.13 bits per heavy atom. The van der Waals surface area contributed by atoms with E-state index in [-0.39, 0.29) is 6.54 Å². The van der Waals surface area contributed by atoms with Gasteiger partial charge in [-0.15, -0.1) is 0 Å². The number of benzene rings is 2. The van der Waals surface area contributed by atoms with E-state index in [1.54, 1.807) is 18.7 Å². The number of hydrogen-bond acceptors (Lipinski definition) is 7. The van der Waals surface area contributed by atoms with Gasteiger partial charge in [-0.1, -0.05) is 30.3 Å². The van der Waals surface area contributed by atoms with Gasteiger partial charge < -0.3 is 19.0 Å². The molecule has 204 valence electrons. The highest BCUT2D eigenvalue weighted by Crippen LogP contribution is 2.31. The van der Waals surface area contributed by atoms with Gasteiger partial charge in [-0.05, 0) is 84.2 Å². The van der Waals surface area contributed by atoms with Crippen LogP contribution in [0.1, 0.15) is 62.8 Å². The highest BCUT2D eigenvalue weighted by molar-refractivity contribution is 5.79. The number of oxazole rings is 1. The van der Waals surface area contributed by atoms with E-state index in [1.165, 1.54) is 0 Å². The van der Waals surface area contributed by atoms with Gasteiger partial charge in [0, 0.05) is 18.7 Å². The molecular weight excluding hydrogens is 484 g/mol. The lowest BCUT2D eigenvalue weighted by Crippen LogP contribution is -2.43. The summed E-state index contributed by atoms with van der Waals surface area (Å²) in [5, 5.41) is 9.56. The largest absolute Gasteiger partial charge is 0.480 e. The van der Waals surface area contributed by atoms with Crippen LogP contribution in [-0.2, 0) is 27.4 Å². The van der Waals surface area contributed by atoms with Gasteiger partial charge >= 0.3 is 11.9 Å². The number of esters is 1. The number of ether oxygens (including phenoxy) is 2. The Kier molecular flexibility index (Phi) is 8.67. The molecule has 3 aromatic rings. The van der Waals surface area contributed by atoms with Crippen LogP contribution >= 0.6 is 0 Å². The van der Waals surface area contributed by atoms with Crippen molar-refractivity contribution in [1.29, 1.82) is 0 Å². The van der Waals surface area contributed by atoms with Crippen molar-refractivity contribution in [2.75, 3.05) is 6.54 Å². The Bertz CT molecular complexity index is 1260. The molecule has 0 saturated heterocycles. The first-order valence-corrected chi connectivity index (χ1v) is 12.6. The van der Waals surface area contributed by atoms with Crippen molar-refractivity contribution in [2.45, 2.75) is 79.7 Å². The molecule has 0 saturated carbocycles. The van der Waals surface area contributed by atoms with Crippen molar-refractivity contribution < 1.29 is 28.6 Å². The normalized spacial score (nSPS) is 12.0. The molecular formula is C30H38N2O6. The lowest BCUT2D eigenvalue weighted by atomic mass is 10.0. The van der Waals surface area contributed by atoms with Crippen molar-refractivity contribution in [3.05, 3.63) is 70.6 Å². The third kappa shape index (κ3) is 7.68. The molecule has 0 unspecified atom stereocenters. The quantitative estimate of drug-likeness (QED) is 0.331. The Morgan fingerprint density at radius 1 is 0.974 bits per heavy atom. The van der Waals surface area contributed by atoms with Crippen molar-refractivity contribution in [3.8, 4) is 17.2 Å². The number of rotatable bonds is 10. The molecule has 8 heteroatoms. The van der Waals surface area contributed by atoms with Crippen LogP contribution in [0.2, 0.25) is 0 Å². The molecule has 1 heterocycles. The third-order valence-corrected chi connectivity index (χ3v) is 5.82. The molecule has 1 aromatic heterocycles. The molecule has 0 aliphatic heterocycles. The van der Waals surface area contributed by atoms with Crippen molar-refractivity contribution >= 4 is 11.9 Å². The maximum atomic E-state index is 12.7. The van der Waals surface area contributed by atoms with Crippen LogP contribution in [0.5, 0.6) is 5.75 Å². The number of aliphatic carboxylic acids is 1. The maximum absolute atomic E-state index is 12.7. The van der Waals surface area contributed by atoms with Crippen molar-refractivity contribution in [1.82, 2.24) is 9.88 Å². The number of aromatic nitrogens is 1. The molecule has 38 heavy (non-hydrogen) atoms. The van der Waals surface area contributed by atoms with Gasteiger partial charge in [-0.25, -0.2) is 9.78 Å². The maximum Gasteiger partial charge on any atom is 0.350 e. The summed E-state index contributed by atoms with van der Waals surface area (Å²) in [5.74, 6) is 0.392. The Balaban J connectivity index is 1.80. The zero-order chi connectivity index (χ0) is 28.3. The number of carbonyl (C=O) groups excluding carboxylic acids is 1. The minimum Gasteiger partial charge on any atom is -0.480 e. The summed E-state index contributed by atoms with van der Waals surface area (Å²) >= 11 is 0. The number of carboxylic acids is 1. The fourth-order valence-electron chi connectivity index (χ4n) is 4.10. The van der Waals surface area contributed by atoms with Crippen LogP contribution in [0, 0.1) is 20.8 Å². The number of carboxylic acid groups (broad SMARTS) is 1. The molecule has 3 rings (SSSR count). The molecule has 0 amide bonds. The van der Waals surface area contributed by atoms with E-state index in [2.05, 4.69) is 4.98 Å². The highest BCUT2D eigenvalue weighted by Gasteiger charge is 2.35. The van der Waals surface area contributed by atoms with E-state index in [0.29, 0.717) is 36.2 Å². The van der Waals surface area contributed by atoms with E-state index in [0.717, 1.165) is 22.3 Å². The first-order valence-electron chi connectivity index (χ1n) is 12.6. The Hall–Kier alpha value is -3.65. The summed E-state index contributed by atoms with van der Waals surface area (Å²) in [6, 6.07) is 13.5. The summed E-state index contributed by atoms with van der Waals surface area (Å²) in [7, 11) is 0. The van der Waals surface area contributed by atoms with Crippen LogP contribution < -0.4 is 4.74 Å². The number of nitrogens with zero attached hydrogens (tertiary/aromatic N) is 2. The molecule has 0 atom stereocenters. The summed E-state index contributed by atoms with van der Waals surface area (Å²) in [6.07, 6.45) is 0. The average Bonchev–Trinajstić information content (AvgIpc) is 3.15. The van der Waals surface area contributed by atoms with Gasteiger partial charge in [0.2, 0.25) is 5.89 Å². The standard InChI is InChI=1S/C30H38N2O6/c1-19-14-22(15-20(2)26(19)37-30(7,8)28(35)38-29(4,5)6)16-32(18-25(33)34)17-24-21(3)36-27(31-24)23-12-10-9-11-13-23/h9-15H,16-18H2,1-8H3,(H,33,34). The molecule has 0 radical (unpaired) electrons. The fourth-order valence-corrected chi connectivity index (χ4v) is 4.10. The SMILES string of the molecule is Cc1cc(CN(CC(=O)O)Cc2nc(-c3ccccc3)oc2C)cc(C)c1OC(C)(C)C(=O)OC(C)(C)C. The van der Waals surface area contributed by atoms with E-state index in [9.17, 15) is 14.7 Å². The molecule has 0 spiro atoms. The van der Waals surface area contributed by atoms with E-state index >= 15 is 0 Å². The van der Waals surface area contributed by atoms with Crippen LogP contribution in [0.3, 0.4) is 0 Å². The van der Waals surface area contributed by atoms with Gasteiger partial charge in [-0.3, -0.25) is 9.69 Å². The molecule has 0 fully saturated rings. The van der Waals surface area contributed by atoms with Crippen LogP contribution in [0.25, 0.3) is 11.5 Å².